The fourth-order valence-corrected chi connectivity index (χ4v) is 4.33. The summed E-state index contributed by atoms with van der Waals surface area (Å²) in [7, 11) is 1.56. The minimum absolute atomic E-state index is 0. The quantitative estimate of drug-likeness (QED) is 0.707. The Hall–Kier alpha value is -0.860. The third kappa shape index (κ3) is 6.59. The van der Waals surface area contributed by atoms with Crippen molar-refractivity contribution < 1.29 is 9.53 Å². The van der Waals surface area contributed by atoms with Crippen molar-refractivity contribution in [1.82, 2.24) is 9.80 Å². The van der Waals surface area contributed by atoms with Gasteiger partial charge in [0.05, 0.1) is 6.61 Å². The number of hydrogen-bond donors (Lipinski definition) is 1. The molecule has 0 aliphatic carbocycles. The summed E-state index contributed by atoms with van der Waals surface area (Å²) < 4.78 is 4.97. The maximum Gasteiger partial charge on any atom is 0.241 e. The molecule has 1 aliphatic heterocycles. The van der Waals surface area contributed by atoms with E-state index in [0.29, 0.717) is 13.1 Å². The molecular formula is C19H26Cl3N3O2S. The van der Waals surface area contributed by atoms with Gasteiger partial charge in [0.2, 0.25) is 5.91 Å². The number of carbonyl (C=O) groups is 1. The summed E-state index contributed by atoms with van der Waals surface area (Å²) in [6.07, 6.45) is 0. The molecule has 0 radical (unpaired) electrons. The molecule has 1 saturated heterocycles. The van der Waals surface area contributed by atoms with Crippen LogP contribution in [-0.2, 0) is 16.1 Å². The fourth-order valence-electron chi connectivity index (χ4n) is 3.09. The van der Waals surface area contributed by atoms with Gasteiger partial charge in [0.15, 0.2) is 0 Å². The Morgan fingerprint density at radius 1 is 1.21 bits per heavy atom. The summed E-state index contributed by atoms with van der Waals surface area (Å²) in [5, 5.41) is 0.755. The number of rotatable bonds is 6. The summed E-state index contributed by atoms with van der Waals surface area (Å²) in [6, 6.07) is 11.7. The van der Waals surface area contributed by atoms with Crippen LogP contribution < -0.4 is 5.73 Å². The average Bonchev–Trinajstić information content (AvgIpc) is 3.10. The number of methoxy groups -OCH3 is 1. The van der Waals surface area contributed by atoms with Gasteiger partial charge in [0.1, 0.15) is 6.04 Å². The van der Waals surface area contributed by atoms with Gasteiger partial charge < -0.3 is 15.4 Å². The second-order valence-corrected chi connectivity index (χ2v) is 8.04. The molecule has 9 heteroatoms. The zero-order chi connectivity index (χ0) is 18.5. The predicted molar refractivity (Wildman–Crippen MR) is 121 cm³/mol. The van der Waals surface area contributed by atoms with Gasteiger partial charge >= 0.3 is 0 Å². The summed E-state index contributed by atoms with van der Waals surface area (Å²) in [6.45, 7) is 4.30. The number of ether oxygens (including phenoxy) is 1. The highest BCUT2D eigenvalue weighted by atomic mass is 35.5. The van der Waals surface area contributed by atoms with Crippen LogP contribution in [-0.4, -0.2) is 61.6 Å². The van der Waals surface area contributed by atoms with E-state index >= 15 is 0 Å². The average molecular weight is 467 g/mol. The van der Waals surface area contributed by atoms with Crippen molar-refractivity contribution in [3.8, 4) is 10.4 Å². The fraction of sp³-hybridized carbons (Fsp3) is 0.421. The number of nitrogens with two attached hydrogens (primary N) is 1. The van der Waals surface area contributed by atoms with Crippen LogP contribution in [0.3, 0.4) is 0 Å². The number of amides is 1. The first-order valence-corrected chi connectivity index (χ1v) is 9.86. The Morgan fingerprint density at radius 2 is 1.93 bits per heavy atom. The molecule has 1 amide bonds. The number of nitrogens with zero attached hydrogens (tertiary/aromatic N) is 2. The van der Waals surface area contributed by atoms with Crippen molar-refractivity contribution in [3.63, 3.8) is 0 Å². The first kappa shape index (κ1) is 25.2. The SMILES string of the molecule is COCC(N)C(=O)N1CCN(Cc2ccc(-c3cccc(Cl)c3)s2)CC1.Cl.Cl. The van der Waals surface area contributed by atoms with E-state index in [-0.39, 0.29) is 37.3 Å². The lowest BCUT2D eigenvalue weighted by atomic mass is 10.2. The molecule has 1 unspecified atom stereocenters. The Morgan fingerprint density at radius 3 is 2.57 bits per heavy atom. The summed E-state index contributed by atoms with van der Waals surface area (Å²) in [4.78, 5) is 19.0. The second kappa shape index (κ2) is 12.0. The lowest BCUT2D eigenvalue weighted by Crippen LogP contribution is -2.53. The van der Waals surface area contributed by atoms with Gasteiger partial charge in [-0.25, -0.2) is 0 Å². The number of benzene rings is 1. The third-order valence-electron chi connectivity index (χ3n) is 4.50. The monoisotopic (exact) mass is 465 g/mol. The van der Waals surface area contributed by atoms with Gasteiger partial charge in [-0.1, -0.05) is 23.7 Å². The van der Waals surface area contributed by atoms with Crippen LogP contribution >= 0.6 is 47.8 Å². The molecule has 2 aromatic rings. The van der Waals surface area contributed by atoms with Crippen LogP contribution in [0.4, 0.5) is 0 Å². The number of piperazine rings is 1. The molecule has 2 N–H and O–H groups in total. The van der Waals surface area contributed by atoms with E-state index in [1.54, 1.807) is 18.4 Å². The van der Waals surface area contributed by atoms with Crippen molar-refractivity contribution in [2.75, 3.05) is 39.9 Å². The van der Waals surface area contributed by atoms with Crippen LogP contribution in [0.5, 0.6) is 0 Å². The Kier molecular flexibility index (Phi) is 10.8. The molecular weight excluding hydrogens is 441 g/mol. The molecule has 1 aromatic carbocycles. The van der Waals surface area contributed by atoms with E-state index < -0.39 is 6.04 Å². The van der Waals surface area contributed by atoms with Crippen LogP contribution in [0.2, 0.25) is 5.02 Å². The molecule has 1 fully saturated rings. The van der Waals surface area contributed by atoms with E-state index in [9.17, 15) is 4.79 Å². The van der Waals surface area contributed by atoms with Crippen LogP contribution in [0, 0.1) is 0 Å². The molecule has 0 saturated carbocycles. The Balaban J connectivity index is 0.00000196. The van der Waals surface area contributed by atoms with Crippen molar-refractivity contribution in [2.45, 2.75) is 12.6 Å². The maximum atomic E-state index is 12.2. The molecule has 1 atom stereocenters. The molecule has 156 valence electrons. The van der Waals surface area contributed by atoms with E-state index in [1.165, 1.54) is 9.75 Å². The summed E-state index contributed by atoms with van der Waals surface area (Å²) in [5.41, 5.74) is 7.00. The predicted octanol–water partition coefficient (Wildman–Crippen LogP) is 3.53. The summed E-state index contributed by atoms with van der Waals surface area (Å²) in [5.74, 6) is -0.0223. The number of carbonyl (C=O) groups excluding carboxylic acids is 1. The third-order valence-corrected chi connectivity index (χ3v) is 5.85. The maximum absolute atomic E-state index is 12.2. The van der Waals surface area contributed by atoms with Crippen LogP contribution in [0.1, 0.15) is 4.88 Å². The largest absolute Gasteiger partial charge is 0.383 e. The van der Waals surface area contributed by atoms with Gasteiger partial charge in [0.25, 0.3) is 0 Å². The molecule has 2 heterocycles. The summed E-state index contributed by atoms with van der Waals surface area (Å²) >= 11 is 7.88. The zero-order valence-electron chi connectivity index (χ0n) is 15.7. The second-order valence-electron chi connectivity index (χ2n) is 6.44. The molecule has 0 bridgehead atoms. The van der Waals surface area contributed by atoms with Crippen molar-refractivity contribution in [2.24, 2.45) is 5.73 Å². The van der Waals surface area contributed by atoms with Crippen LogP contribution in [0.25, 0.3) is 10.4 Å². The van der Waals surface area contributed by atoms with Crippen LogP contribution in [0.15, 0.2) is 36.4 Å². The Bertz CT molecular complexity index is 752. The van der Waals surface area contributed by atoms with E-state index in [4.69, 9.17) is 22.1 Å². The minimum atomic E-state index is -0.566. The molecule has 3 rings (SSSR count). The first-order valence-electron chi connectivity index (χ1n) is 8.67. The number of thiophene rings is 1. The molecule has 28 heavy (non-hydrogen) atoms. The van der Waals surface area contributed by atoms with E-state index in [1.807, 2.05) is 23.1 Å². The number of hydrogen-bond acceptors (Lipinski definition) is 5. The molecule has 1 aromatic heterocycles. The highest BCUT2D eigenvalue weighted by Gasteiger charge is 2.25. The highest BCUT2D eigenvalue weighted by molar-refractivity contribution is 7.15. The standard InChI is InChI=1S/C19H24ClN3O2S.2ClH/c1-25-13-17(21)19(24)23-9-7-22(8-10-23)12-16-5-6-18(26-16)14-3-2-4-15(20)11-14;;/h2-6,11,17H,7-10,12-13,21H2,1H3;2*1H. The van der Waals surface area contributed by atoms with Crippen molar-refractivity contribution >= 4 is 53.7 Å². The smallest absolute Gasteiger partial charge is 0.241 e. The topological polar surface area (TPSA) is 58.8 Å². The van der Waals surface area contributed by atoms with E-state index in [2.05, 4.69) is 23.1 Å². The van der Waals surface area contributed by atoms with Crippen molar-refractivity contribution in [3.05, 3.63) is 46.3 Å². The van der Waals surface area contributed by atoms with Gasteiger partial charge in [0, 0.05) is 54.6 Å². The van der Waals surface area contributed by atoms with Gasteiger partial charge in [-0.3, -0.25) is 9.69 Å². The first-order chi connectivity index (χ1) is 12.6. The number of halogens is 3. The van der Waals surface area contributed by atoms with Gasteiger partial charge in [-0.15, -0.1) is 36.2 Å². The van der Waals surface area contributed by atoms with Gasteiger partial charge in [-0.05, 0) is 29.8 Å². The molecule has 5 nitrogen and oxygen atoms in total. The normalized spacial score (nSPS) is 15.5. The van der Waals surface area contributed by atoms with Gasteiger partial charge in [-0.2, -0.15) is 0 Å². The highest BCUT2D eigenvalue weighted by Crippen LogP contribution is 2.30. The van der Waals surface area contributed by atoms with Crippen molar-refractivity contribution in [1.29, 1.82) is 0 Å². The molecule has 1 aliphatic rings. The van der Waals surface area contributed by atoms with E-state index in [0.717, 1.165) is 30.2 Å². The lowest BCUT2D eigenvalue weighted by molar-refractivity contribution is -0.135. The zero-order valence-corrected chi connectivity index (χ0v) is 18.9. The minimum Gasteiger partial charge on any atom is -0.383 e. The molecule has 0 spiro atoms. The lowest BCUT2D eigenvalue weighted by Gasteiger charge is -2.35. The Labute approximate surface area is 187 Å².